The molecule has 0 saturated carbocycles. The summed E-state index contributed by atoms with van der Waals surface area (Å²) in [5, 5.41) is 23.5. The van der Waals surface area contributed by atoms with Crippen molar-refractivity contribution < 1.29 is 4.39 Å². The van der Waals surface area contributed by atoms with Gasteiger partial charge in [0.25, 0.3) is 0 Å². The summed E-state index contributed by atoms with van der Waals surface area (Å²) in [6.45, 7) is 2.19. The summed E-state index contributed by atoms with van der Waals surface area (Å²) in [5.41, 5.74) is 2.50. The van der Waals surface area contributed by atoms with Crippen LogP contribution >= 0.6 is 0 Å². The highest BCUT2D eigenvalue weighted by atomic mass is 19.1. The largest absolute Gasteiger partial charge is 0.204 e. The monoisotopic (exact) mass is 362 g/mol. The summed E-state index contributed by atoms with van der Waals surface area (Å²) in [4.78, 5) is 0. The molecule has 3 heteroatoms. The van der Waals surface area contributed by atoms with E-state index in [4.69, 9.17) is 0 Å². The van der Waals surface area contributed by atoms with Gasteiger partial charge in [0, 0.05) is 5.41 Å². The fraction of sp³-hybridized carbons (Fsp3) is 0.120. The van der Waals surface area contributed by atoms with Gasteiger partial charge in [0.1, 0.15) is 12.1 Å². The van der Waals surface area contributed by atoms with Crippen LogP contribution in [0.5, 0.6) is 0 Å². The van der Waals surface area contributed by atoms with Crippen molar-refractivity contribution in [3.05, 3.63) is 87.0 Å². The Hall–Kier alpha value is -3.69. The van der Waals surface area contributed by atoms with E-state index in [2.05, 4.69) is 49.4 Å². The first kappa shape index (κ1) is 16.5. The van der Waals surface area contributed by atoms with E-state index in [0.29, 0.717) is 0 Å². The molecule has 0 aliphatic heterocycles. The normalized spacial score (nSPS) is 19.1. The summed E-state index contributed by atoms with van der Waals surface area (Å²) in [5.74, 6) is -0.748. The standard InChI is InChI=1S/C25H15FN2/c1-25-10-9-16-4-2-3-15-5-6-17(23(25)22(15)16)7-8-21(25)18-11-19(13-27)24(26)20(12-18)14-28/h2-9,11-12H,10H2,1H3. The second-order valence-corrected chi connectivity index (χ2v) is 7.57. The van der Waals surface area contributed by atoms with Gasteiger partial charge in [-0.25, -0.2) is 4.39 Å². The first-order chi connectivity index (χ1) is 13.6. The summed E-state index contributed by atoms with van der Waals surface area (Å²) >= 11 is 0. The molecule has 0 spiro atoms. The first-order valence-electron chi connectivity index (χ1n) is 9.16. The third kappa shape index (κ3) is 2.05. The molecular formula is C25H15FN2. The average Bonchev–Trinajstić information content (AvgIpc) is 2.72. The maximum absolute atomic E-state index is 14.3. The lowest BCUT2D eigenvalue weighted by molar-refractivity contribution is 0.617. The molecule has 5 rings (SSSR count). The molecule has 0 N–H and O–H groups in total. The van der Waals surface area contributed by atoms with Crippen LogP contribution in [0.4, 0.5) is 4.39 Å². The number of halogens is 1. The number of rotatable bonds is 1. The number of benzene rings is 3. The van der Waals surface area contributed by atoms with Crippen molar-refractivity contribution in [2.24, 2.45) is 0 Å². The van der Waals surface area contributed by atoms with Gasteiger partial charge < -0.3 is 0 Å². The topological polar surface area (TPSA) is 47.6 Å². The number of nitriles is 2. The molecule has 0 aromatic heterocycles. The van der Waals surface area contributed by atoms with Crippen LogP contribution in [0.3, 0.4) is 0 Å². The van der Waals surface area contributed by atoms with Gasteiger partial charge >= 0.3 is 0 Å². The first-order valence-corrected chi connectivity index (χ1v) is 9.16. The molecule has 0 saturated heterocycles. The highest BCUT2D eigenvalue weighted by Gasteiger charge is 2.37. The smallest absolute Gasteiger partial charge is 0.158 e. The molecule has 3 aromatic rings. The van der Waals surface area contributed by atoms with Crippen molar-refractivity contribution in [2.75, 3.05) is 0 Å². The van der Waals surface area contributed by atoms with E-state index in [1.165, 1.54) is 26.8 Å². The molecule has 2 aliphatic carbocycles. The van der Waals surface area contributed by atoms with E-state index in [-0.39, 0.29) is 16.5 Å². The molecule has 28 heavy (non-hydrogen) atoms. The molecule has 1 atom stereocenters. The van der Waals surface area contributed by atoms with Crippen molar-refractivity contribution in [3.8, 4) is 12.1 Å². The number of nitrogens with zero attached hydrogens (tertiary/aromatic N) is 2. The molecule has 0 amide bonds. The van der Waals surface area contributed by atoms with Crippen LogP contribution in [0, 0.1) is 28.5 Å². The number of hydrogen-bond acceptors (Lipinski definition) is 2. The van der Waals surface area contributed by atoms with Crippen molar-refractivity contribution in [1.29, 1.82) is 10.5 Å². The molecular weight excluding hydrogens is 347 g/mol. The number of hydrogen-bond donors (Lipinski definition) is 0. The van der Waals surface area contributed by atoms with Crippen LogP contribution in [-0.2, 0) is 5.41 Å². The molecule has 132 valence electrons. The van der Waals surface area contributed by atoms with Crippen LogP contribution in [0.25, 0.3) is 28.5 Å². The summed E-state index contributed by atoms with van der Waals surface area (Å²) in [6.07, 6.45) is 7.18. The van der Waals surface area contributed by atoms with Gasteiger partial charge in [0.2, 0.25) is 0 Å². The Balaban J connectivity index is 1.84. The Bertz CT molecular complexity index is 1400. The van der Waals surface area contributed by atoms with Crippen LogP contribution in [-0.4, -0.2) is 0 Å². The fourth-order valence-electron chi connectivity index (χ4n) is 4.70. The zero-order valence-corrected chi connectivity index (χ0v) is 15.3. The van der Waals surface area contributed by atoms with E-state index in [0.717, 1.165) is 17.6 Å². The third-order valence-corrected chi connectivity index (χ3v) is 6.04. The van der Waals surface area contributed by atoms with Crippen molar-refractivity contribution >= 4 is 28.5 Å². The quantitative estimate of drug-likeness (QED) is 0.656. The van der Waals surface area contributed by atoms with Gasteiger partial charge in [-0.2, -0.15) is 10.5 Å². The van der Waals surface area contributed by atoms with Crippen molar-refractivity contribution in [1.82, 2.24) is 0 Å². The van der Waals surface area contributed by atoms with Crippen LogP contribution < -0.4 is 10.4 Å². The minimum absolute atomic E-state index is 0.0947. The van der Waals surface area contributed by atoms with E-state index in [9.17, 15) is 14.9 Å². The Labute approximate surface area is 161 Å². The fourth-order valence-corrected chi connectivity index (χ4v) is 4.70. The van der Waals surface area contributed by atoms with Gasteiger partial charge in [-0.15, -0.1) is 0 Å². The van der Waals surface area contributed by atoms with Gasteiger partial charge in [-0.3, -0.25) is 0 Å². The zero-order chi connectivity index (χ0) is 19.5. The van der Waals surface area contributed by atoms with Crippen LogP contribution in [0.2, 0.25) is 0 Å². The molecule has 0 radical (unpaired) electrons. The maximum atomic E-state index is 14.3. The molecule has 0 bridgehead atoms. The zero-order valence-electron chi connectivity index (χ0n) is 15.3. The third-order valence-electron chi connectivity index (χ3n) is 6.04. The molecule has 1 unspecified atom stereocenters. The second-order valence-electron chi connectivity index (χ2n) is 7.57. The lowest BCUT2D eigenvalue weighted by Crippen LogP contribution is -2.37. The SMILES string of the molecule is CC12CC=c3cccc4ccc(c1c34)=CC=C2c1cc(C#N)c(F)c(C#N)c1. The Morgan fingerprint density at radius 2 is 1.71 bits per heavy atom. The van der Waals surface area contributed by atoms with Crippen molar-refractivity contribution in [3.63, 3.8) is 0 Å². The van der Waals surface area contributed by atoms with Gasteiger partial charge in [0.15, 0.2) is 5.82 Å². The summed E-state index contributed by atoms with van der Waals surface area (Å²) < 4.78 is 14.3. The summed E-state index contributed by atoms with van der Waals surface area (Å²) in [6, 6.07) is 17.5. The second kappa shape index (κ2) is 5.65. The lowest BCUT2D eigenvalue weighted by Gasteiger charge is -2.38. The highest BCUT2D eigenvalue weighted by molar-refractivity contribution is 5.96. The van der Waals surface area contributed by atoms with Gasteiger partial charge in [0.05, 0.1) is 11.1 Å². The number of allylic oxidation sites excluding steroid dienone is 2. The average molecular weight is 362 g/mol. The predicted molar refractivity (Wildman–Crippen MR) is 108 cm³/mol. The molecule has 3 aromatic carbocycles. The van der Waals surface area contributed by atoms with E-state index in [1.54, 1.807) is 12.1 Å². The maximum Gasteiger partial charge on any atom is 0.158 e. The molecule has 0 fully saturated rings. The molecule has 2 nitrogen and oxygen atoms in total. The lowest BCUT2D eigenvalue weighted by atomic mass is 9.65. The van der Waals surface area contributed by atoms with Crippen LogP contribution in [0.1, 0.15) is 35.6 Å². The molecule has 0 heterocycles. The minimum Gasteiger partial charge on any atom is -0.204 e. The highest BCUT2D eigenvalue weighted by Crippen LogP contribution is 2.45. The Kier molecular flexibility index (Phi) is 3.33. The van der Waals surface area contributed by atoms with Gasteiger partial charge in [-0.05, 0) is 56.5 Å². The van der Waals surface area contributed by atoms with E-state index < -0.39 is 5.82 Å². The van der Waals surface area contributed by atoms with E-state index >= 15 is 0 Å². The predicted octanol–water partition coefficient (Wildman–Crippen LogP) is 4.04. The Morgan fingerprint density at radius 3 is 2.43 bits per heavy atom. The molecule has 2 aliphatic rings. The Morgan fingerprint density at radius 1 is 0.964 bits per heavy atom. The summed E-state index contributed by atoms with van der Waals surface area (Å²) in [7, 11) is 0. The van der Waals surface area contributed by atoms with Crippen LogP contribution in [0.15, 0.2) is 48.5 Å². The van der Waals surface area contributed by atoms with Gasteiger partial charge in [-0.1, -0.05) is 55.5 Å². The van der Waals surface area contributed by atoms with Crippen molar-refractivity contribution in [2.45, 2.75) is 18.8 Å². The minimum atomic E-state index is -0.748. The van der Waals surface area contributed by atoms with E-state index in [1.807, 2.05) is 18.2 Å².